The number of rotatable bonds is 3. The minimum absolute atomic E-state index is 0.0923. The molecule has 0 aliphatic heterocycles. The van der Waals surface area contributed by atoms with E-state index < -0.39 is 0 Å². The summed E-state index contributed by atoms with van der Waals surface area (Å²) in [6, 6.07) is 0.418. The quantitative estimate of drug-likeness (QED) is 0.748. The molecule has 0 amide bonds. The van der Waals surface area contributed by atoms with Crippen LogP contribution in [-0.4, -0.2) is 17.1 Å². The van der Waals surface area contributed by atoms with Crippen molar-refractivity contribution in [2.24, 2.45) is 17.4 Å². The van der Waals surface area contributed by atoms with Crippen LogP contribution in [0.3, 0.4) is 0 Å². The maximum absolute atomic E-state index is 6.66. The summed E-state index contributed by atoms with van der Waals surface area (Å²) >= 11 is 0. The molecule has 0 aromatic carbocycles. The van der Waals surface area contributed by atoms with E-state index >= 15 is 0 Å². The summed E-state index contributed by atoms with van der Waals surface area (Å²) in [4.78, 5) is 0. The highest BCUT2D eigenvalue weighted by atomic mass is 15.0. The Balaban J connectivity index is 1.96. The molecule has 0 saturated heterocycles. The van der Waals surface area contributed by atoms with E-state index in [0.29, 0.717) is 6.04 Å². The van der Waals surface area contributed by atoms with Crippen LogP contribution < -0.4 is 16.8 Å². The molecule has 2 aliphatic carbocycles. The van der Waals surface area contributed by atoms with Crippen LogP contribution in [-0.2, 0) is 0 Å². The summed E-state index contributed by atoms with van der Waals surface area (Å²) < 4.78 is 0. The highest BCUT2D eigenvalue weighted by Gasteiger charge is 2.31. The monoisotopic (exact) mass is 291 g/mol. The van der Waals surface area contributed by atoms with Crippen molar-refractivity contribution in [2.75, 3.05) is 0 Å². The van der Waals surface area contributed by atoms with Gasteiger partial charge in [-0.05, 0) is 83.8 Å². The fourth-order valence-corrected chi connectivity index (χ4v) is 3.66. The van der Waals surface area contributed by atoms with Gasteiger partial charge in [0.1, 0.15) is 0 Å². The van der Waals surface area contributed by atoms with E-state index in [4.69, 9.17) is 11.5 Å². The molecule has 1 saturated carbocycles. The predicted octanol–water partition coefficient (Wildman–Crippen LogP) is 3.21. The molecule has 2 aliphatic rings. The van der Waals surface area contributed by atoms with Gasteiger partial charge in [0.15, 0.2) is 0 Å². The Kier molecular flexibility index (Phi) is 4.84. The largest absolute Gasteiger partial charge is 0.380 e. The van der Waals surface area contributed by atoms with Crippen molar-refractivity contribution in [1.82, 2.24) is 5.32 Å². The van der Waals surface area contributed by atoms with Gasteiger partial charge in [-0.25, -0.2) is 0 Å². The first-order valence-electron chi connectivity index (χ1n) is 8.38. The van der Waals surface area contributed by atoms with Gasteiger partial charge in [0, 0.05) is 22.8 Å². The first-order chi connectivity index (χ1) is 9.67. The number of nitrogens with two attached hydrogens (primary N) is 2. The van der Waals surface area contributed by atoms with Crippen molar-refractivity contribution in [2.45, 2.75) is 83.3 Å². The summed E-state index contributed by atoms with van der Waals surface area (Å²) in [5.74, 6) is 0.740. The SMILES string of the molecule is CC1=C(NC(C)(C)C)C=CC(N)(CC2CCC(N)CC2)C1. The van der Waals surface area contributed by atoms with Crippen molar-refractivity contribution in [1.29, 1.82) is 0 Å². The van der Waals surface area contributed by atoms with Gasteiger partial charge in [-0.15, -0.1) is 0 Å². The smallest absolute Gasteiger partial charge is 0.0383 e. The zero-order valence-corrected chi connectivity index (χ0v) is 14.2. The molecule has 0 heterocycles. The Morgan fingerprint density at radius 2 is 1.86 bits per heavy atom. The maximum Gasteiger partial charge on any atom is 0.0383 e. The van der Waals surface area contributed by atoms with Gasteiger partial charge >= 0.3 is 0 Å². The topological polar surface area (TPSA) is 64.1 Å². The van der Waals surface area contributed by atoms with Crippen LogP contribution in [0.4, 0.5) is 0 Å². The highest BCUT2D eigenvalue weighted by molar-refractivity contribution is 5.34. The van der Waals surface area contributed by atoms with Crippen LogP contribution in [0.5, 0.6) is 0 Å². The first-order valence-corrected chi connectivity index (χ1v) is 8.38. The van der Waals surface area contributed by atoms with Crippen LogP contribution in [0.15, 0.2) is 23.4 Å². The van der Waals surface area contributed by atoms with E-state index in [1.807, 2.05) is 0 Å². The zero-order chi connectivity index (χ0) is 15.7. The van der Waals surface area contributed by atoms with Crippen molar-refractivity contribution in [3.63, 3.8) is 0 Å². The van der Waals surface area contributed by atoms with E-state index in [0.717, 1.165) is 31.6 Å². The van der Waals surface area contributed by atoms with Crippen LogP contribution in [0.25, 0.3) is 0 Å². The molecule has 2 rings (SSSR count). The molecule has 1 atom stereocenters. The standard InChI is InChI=1S/C18H33N3/c1-13-11-18(20,10-9-16(13)21-17(2,3)4)12-14-5-7-15(19)8-6-14/h9-10,14-15,21H,5-8,11-12,19-20H2,1-4H3. The molecular formula is C18H33N3. The van der Waals surface area contributed by atoms with Crippen LogP contribution in [0.1, 0.15) is 66.2 Å². The van der Waals surface area contributed by atoms with E-state index in [1.165, 1.54) is 24.1 Å². The van der Waals surface area contributed by atoms with Gasteiger partial charge in [0.25, 0.3) is 0 Å². The minimum atomic E-state index is -0.167. The van der Waals surface area contributed by atoms with E-state index in [2.05, 4.69) is 45.2 Å². The Hall–Kier alpha value is -0.800. The molecular weight excluding hydrogens is 258 g/mol. The minimum Gasteiger partial charge on any atom is -0.380 e. The van der Waals surface area contributed by atoms with Crippen LogP contribution in [0, 0.1) is 5.92 Å². The molecule has 0 aromatic rings. The average Bonchev–Trinajstić information content (AvgIpc) is 2.35. The van der Waals surface area contributed by atoms with Crippen molar-refractivity contribution < 1.29 is 0 Å². The lowest BCUT2D eigenvalue weighted by atomic mass is 9.74. The van der Waals surface area contributed by atoms with Gasteiger partial charge in [0.2, 0.25) is 0 Å². The first kappa shape index (κ1) is 16.6. The van der Waals surface area contributed by atoms with Crippen molar-refractivity contribution in [3.8, 4) is 0 Å². The molecule has 0 aromatic heterocycles. The fourth-order valence-electron chi connectivity index (χ4n) is 3.66. The summed E-state index contributed by atoms with van der Waals surface area (Å²) in [6.45, 7) is 8.78. The molecule has 3 heteroatoms. The molecule has 5 N–H and O–H groups in total. The summed E-state index contributed by atoms with van der Waals surface area (Å²) in [6.07, 6.45) is 11.3. The van der Waals surface area contributed by atoms with Gasteiger partial charge in [-0.3, -0.25) is 0 Å². The Bertz CT molecular complexity index is 422. The summed E-state index contributed by atoms with van der Waals surface area (Å²) in [5.41, 5.74) is 15.2. The summed E-state index contributed by atoms with van der Waals surface area (Å²) in [7, 11) is 0. The number of allylic oxidation sites excluding steroid dienone is 1. The van der Waals surface area contributed by atoms with Crippen LogP contribution >= 0.6 is 0 Å². The second kappa shape index (κ2) is 6.13. The molecule has 0 spiro atoms. The van der Waals surface area contributed by atoms with Gasteiger partial charge in [-0.1, -0.05) is 6.08 Å². The molecule has 120 valence electrons. The third kappa shape index (κ3) is 4.86. The predicted molar refractivity (Wildman–Crippen MR) is 90.8 cm³/mol. The second-order valence-corrected chi connectivity index (χ2v) is 8.30. The number of hydrogen-bond acceptors (Lipinski definition) is 3. The van der Waals surface area contributed by atoms with Crippen molar-refractivity contribution in [3.05, 3.63) is 23.4 Å². The van der Waals surface area contributed by atoms with Crippen LogP contribution in [0.2, 0.25) is 0 Å². The van der Waals surface area contributed by atoms with Gasteiger partial charge in [-0.2, -0.15) is 0 Å². The normalized spacial score (nSPS) is 34.2. The van der Waals surface area contributed by atoms with E-state index in [-0.39, 0.29) is 11.1 Å². The number of hydrogen-bond donors (Lipinski definition) is 3. The lowest BCUT2D eigenvalue weighted by Crippen LogP contribution is -2.44. The molecule has 1 unspecified atom stereocenters. The van der Waals surface area contributed by atoms with E-state index in [1.54, 1.807) is 0 Å². The molecule has 0 radical (unpaired) electrons. The molecule has 1 fully saturated rings. The highest BCUT2D eigenvalue weighted by Crippen LogP contribution is 2.35. The average molecular weight is 291 g/mol. The lowest BCUT2D eigenvalue weighted by Gasteiger charge is -2.37. The lowest BCUT2D eigenvalue weighted by molar-refractivity contribution is 0.266. The fraction of sp³-hybridized carbons (Fsp3) is 0.778. The van der Waals surface area contributed by atoms with Gasteiger partial charge in [0.05, 0.1) is 0 Å². The Labute approximate surface area is 130 Å². The Morgan fingerprint density at radius 3 is 2.38 bits per heavy atom. The third-order valence-electron chi connectivity index (χ3n) is 4.71. The Morgan fingerprint density at radius 1 is 1.24 bits per heavy atom. The second-order valence-electron chi connectivity index (χ2n) is 8.30. The molecule has 21 heavy (non-hydrogen) atoms. The third-order valence-corrected chi connectivity index (χ3v) is 4.71. The zero-order valence-electron chi connectivity index (χ0n) is 14.2. The van der Waals surface area contributed by atoms with Crippen molar-refractivity contribution >= 4 is 0 Å². The maximum atomic E-state index is 6.66. The van der Waals surface area contributed by atoms with E-state index in [9.17, 15) is 0 Å². The van der Waals surface area contributed by atoms with Gasteiger partial charge < -0.3 is 16.8 Å². The molecule has 3 nitrogen and oxygen atoms in total. The molecule has 0 bridgehead atoms. The number of nitrogens with one attached hydrogen (secondary N) is 1. The summed E-state index contributed by atoms with van der Waals surface area (Å²) in [5, 5.41) is 3.58.